The second-order valence-corrected chi connectivity index (χ2v) is 5.55. The zero-order valence-corrected chi connectivity index (χ0v) is 11.4. The summed E-state index contributed by atoms with van der Waals surface area (Å²) in [5.74, 6) is 0.314. The van der Waals surface area contributed by atoms with Crippen LogP contribution in [0.15, 0.2) is 23.3 Å². The predicted octanol–water partition coefficient (Wildman–Crippen LogP) is 3.20. The average molecular weight is 238 g/mol. The van der Waals surface area contributed by atoms with E-state index >= 15 is 0 Å². The van der Waals surface area contributed by atoms with Gasteiger partial charge in [-0.1, -0.05) is 30.2 Å². The lowest BCUT2D eigenvalue weighted by Gasteiger charge is -2.36. The fourth-order valence-electron chi connectivity index (χ4n) is 2.33. The largest absolute Gasteiger partial charge is 0.392 e. The second kappa shape index (κ2) is 6.36. The molecule has 0 aliphatic heterocycles. The molecule has 0 amide bonds. The van der Waals surface area contributed by atoms with Gasteiger partial charge in [-0.15, -0.1) is 0 Å². The zero-order valence-electron chi connectivity index (χ0n) is 11.4. The van der Waals surface area contributed by atoms with E-state index in [1.807, 2.05) is 6.92 Å². The molecule has 1 aliphatic rings. The average Bonchev–Trinajstić information content (AvgIpc) is 2.32. The summed E-state index contributed by atoms with van der Waals surface area (Å²) < 4.78 is 0. The van der Waals surface area contributed by atoms with Crippen LogP contribution in [-0.4, -0.2) is 22.4 Å². The van der Waals surface area contributed by atoms with Gasteiger partial charge < -0.3 is 10.2 Å². The highest BCUT2D eigenvalue weighted by Gasteiger charge is 2.33. The van der Waals surface area contributed by atoms with Crippen molar-refractivity contribution in [2.75, 3.05) is 6.61 Å². The molecular formula is C15H26O2. The van der Waals surface area contributed by atoms with Crippen molar-refractivity contribution in [2.24, 2.45) is 5.92 Å². The van der Waals surface area contributed by atoms with Gasteiger partial charge in [0.15, 0.2) is 0 Å². The maximum atomic E-state index is 10.6. The van der Waals surface area contributed by atoms with Gasteiger partial charge in [0.25, 0.3) is 0 Å². The quantitative estimate of drug-likeness (QED) is 0.722. The first-order valence-electron chi connectivity index (χ1n) is 6.62. The van der Waals surface area contributed by atoms with E-state index in [0.717, 1.165) is 37.7 Å². The molecule has 2 atom stereocenters. The van der Waals surface area contributed by atoms with E-state index in [1.165, 1.54) is 5.57 Å². The lowest BCUT2D eigenvalue weighted by Crippen LogP contribution is -2.37. The van der Waals surface area contributed by atoms with Crippen molar-refractivity contribution in [2.45, 2.75) is 58.5 Å². The summed E-state index contributed by atoms with van der Waals surface area (Å²) in [4.78, 5) is 0. The van der Waals surface area contributed by atoms with E-state index in [2.05, 4.69) is 26.0 Å². The standard InChI is InChI=1S/C15H26O2/c1-12-7-9-15(17,10-8-12)14(3)6-4-5-13(2)11-16/h5,7,14,16-17H,4,6,8-11H2,1-3H3/b13-5-/t14-,15+/m1/s1. The Morgan fingerprint density at radius 1 is 1.59 bits per heavy atom. The number of aliphatic hydroxyl groups is 2. The molecule has 1 aliphatic carbocycles. The van der Waals surface area contributed by atoms with Gasteiger partial charge in [0, 0.05) is 0 Å². The van der Waals surface area contributed by atoms with E-state index in [1.54, 1.807) is 0 Å². The van der Waals surface area contributed by atoms with Crippen molar-refractivity contribution < 1.29 is 10.2 Å². The molecule has 0 spiro atoms. The molecule has 2 heteroatoms. The van der Waals surface area contributed by atoms with Gasteiger partial charge in [0.1, 0.15) is 0 Å². The maximum Gasteiger partial charge on any atom is 0.0710 e. The first-order valence-corrected chi connectivity index (χ1v) is 6.62. The van der Waals surface area contributed by atoms with Crippen molar-refractivity contribution in [1.29, 1.82) is 0 Å². The van der Waals surface area contributed by atoms with Gasteiger partial charge in [0.2, 0.25) is 0 Å². The van der Waals surface area contributed by atoms with Crippen LogP contribution in [0.5, 0.6) is 0 Å². The predicted molar refractivity (Wildman–Crippen MR) is 71.8 cm³/mol. The Hall–Kier alpha value is -0.600. The summed E-state index contributed by atoms with van der Waals surface area (Å²) in [5.41, 5.74) is 1.90. The van der Waals surface area contributed by atoms with Crippen LogP contribution in [0.4, 0.5) is 0 Å². The number of hydrogen-bond donors (Lipinski definition) is 2. The molecule has 0 fully saturated rings. The van der Waals surface area contributed by atoms with Crippen molar-refractivity contribution in [3.8, 4) is 0 Å². The summed E-state index contributed by atoms with van der Waals surface area (Å²) in [6.07, 6.45) is 8.88. The van der Waals surface area contributed by atoms with Crippen LogP contribution in [0.3, 0.4) is 0 Å². The van der Waals surface area contributed by atoms with E-state index in [9.17, 15) is 5.11 Å². The van der Waals surface area contributed by atoms with Crippen molar-refractivity contribution in [1.82, 2.24) is 0 Å². The molecule has 2 nitrogen and oxygen atoms in total. The lowest BCUT2D eigenvalue weighted by molar-refractivity contribution is -0.0234. The summed E-state index contributed by atoms with van der Waals surface area (Å²) in [7, 11) is 0. The SMILES string of the molecule is CC1=CC[C@@](O)([C@H](C)CC/C=C(/C)CO)CC1. The highest BCUT2D eigenvalue weighted by atomic mass is 16.3. The Balaban J connectivity index is 2.44. The van der Waals surface area contributed by atoms with Crippen LogP contribution in [0.1, 0.15) is 52.9 Å². The molecule has 0 unspecified atom stereocenters. The molecule has 98 valence electrons. The monoisotopic (exact) mass is 238 g/mol. The van der Waals surface area contributed by atoms with E-state index < -0.39 is 5.60 Å². The van der Waals surface area contributed by atoms with E-state index in [4.69, 9.17) is 5.11 Å². The Labute approximate surface area is 105 Å². The smallest absolute Gasteiger partial charge is 0.0710 e. The van der Waals surface area contributed by atoms with Crippen molar-refractivity contribution >= 4 is 0 Å². The third-order valence-corrected chi connectivity index (χ3v) is 4.02. The molecule has 0 radical (unpaired) electrons. The first-order chi connectivity index (χ1) is 7.98. The molecule has 2 N–H and O–H groups in total. The minimum absolute atomic E-state index is 0.139. The van der Waals surface area contributed by atoms with Crippen molar-refractivity contribution in [3.63, 3.8) is 0 Å². The number of hydrogen-bond acceptors (Lipinski definition) is 2. The molecule has 0 heterocycles. The summed E-state index contributed by atoms with van der Waals surface area (Å²) in [6, 6.07) is 0. The first kappa shape index (κ1) is 14.5. The molecule has 0 bridgehead atoms. The van der Waals surface area contributed by atoms with Crippen LogP contribution in [0.2, 0.25) is 0 Å². The highest BCUT2D eigenvalue weighted by Crippen LogP contribution is 2.35. The van der Waals surface area contributed by atoms with Crippen LogP contribution in [0, 0.1) is 5.92 Å². The molecule has 0 aromatic carbocycles. The Kier molecular flexibility index (Phi) is 5.41. The maximum absolute atomic E-state index is 10.6. The molecular weight excluding hydrogens is 212 g/mol. The van der Waals surface area contributed by atoms with Crippen molar-refractivity contribution in [3.05, 3.63) is 23.3 Å². The molecule has 0 saturated carbocycles. The van der Waals surface area contributed by atoms with Gasteiger partial charge in [-0.2, -0.15) is 0 Å². The topological polar surface area (TPSA) is 40.5 Å². The van der Waals surface area contributed by atoms with Gasteiger partial charge in [-0.3, -0.25) is 0 Å². The summed E-state index contributed by atoms with van der Waals surface area (Å²) >= 11 is 0. The summed E-state index contributed by atoms with van der Waals surface area (Å²) in [5, 5.41) is 19.5. The Morgan fingerprint density at radius 2 is 2.29 bits per heavy atom. The third kappa shape index (κ3) is 4.29. The summed E-state index contributed by atoms with van der Waals surface area (Å²) in [6.45, 7) is 6.35. The van der Waals surface area contributed by atoms with Crippen LogP contribution < -0.4 is 0 Å². The number of aliphatic hydroxyl groups excluding tert-OH is 1. The number of allylic oxidation sites excluding steroid dienone is 2. The van der Waals surface area contributed by atoms with Gasteiger partial charge in [-0.25, -0.2) is 0 Å². The Bertz CT molecular complexity index is 304. The fourth-order valence-corrected chi connectivity index (χ4v) is 2.33. The molecule has 0 saturated heterocycles. The van der Waals surface area contributed by atoms with Gasteiger partial charge in [0.05, 0.1) is 12.2 Å². The molecule has 0 aromatic rings. The van der Waals surface area contributed by atoms with Crippen LogP contribution >= 0.6 is 0 Å². The van der Waals surface area contributed by atoms with E-state index in [-0.39, 0.29) is 6.61 Å². The van der Waals surface area contributed by atoms with E-state index in [0.29, 0.717) is 5.92 Å². The highest BCUT2D eigenvalue weighted by molar-refractivity contribution is 5.09. The fraction of sp³-hybridized carbons (Fsp3) is 0.733. The number of rotatable bonds is 5. The van der Waals surface area contributed by atoms with Gasteiger partial charge >= 0.3 is 0 Å². The molecule has 1 rings (SSSR count). The Morgan fingerprint density at radius 3 is 2.82 bits per heavy atom. The zero-order chi connectivity index (χ0) is 12.9. The molecule has 17 heavy (non-hydrogen) atoms. The second-order valence-electron chi connectivity index (χ2n) is 5.55. The third-order valence-electron chi connectivity index (χ3n) is 4.02. The minimum Gasteiger partial charge on any atom is -0.392 e. The molecule has 0 aromatic heterocycles. The van der Waals surface area contributed by atoms with Crippen LogP contribution in [0.25, 0.3) is 0 Å². The van der Waals surface area contributed by atoms with Crippen LogP contribution in [-0.2, 0) is 0 Å². The lowest BCUT2D eigenvalue weighted by atomic mass is 9.75. The minimum atomic E-state index is -0.513. The normalized spacial score (nSPS) is 27.8. The van der Waals surface area contributed by atoms with Gasteiger partial charge in [-0.05, 0) is 51.9 Å².